The van der Waals surface area contributed by atoms with Crippen molar-refractivity contribution in [3.63, 3.8) is 0 Å². The maximum Gasteiger partial charge on any atom is 0.389 e. The van der Waals surface area contributed by atoms with Gasteiger partial charge in [0, 0.05) is 44.3 Å². The Morgan fingerprint density at radius 2 is 1.83 bits per heavy atom. The van der Waals surface area contributed by atoms with Gasteiger partial charge in [0.2, 0.25) is 5.91 Å². The SMILES string of the molecule is C[C@@H]1CCCCO[C@H](CN(C)Cc2ccc(C(=O)O)cc2)[C@H](C)CN([C@H](C)CO)C(=O)c2cc(NC(=O)CCC(F)(F)F)ccc2O1. The third kappa shape index (κ3) is 12.1. The van der Waals surface area contributed by atoms with E-state index in [9.17, 15) is 37.8 Å². The number of carboxylic acids is 1. The molecular formula is C34H46F3N3O7. The van der Waals surface area contributed by atoms with Crippen LogP contribution in [0.2, 0.25) is 0 Å². The lowest BCUT2D eigenvalue weighted by atomic mass is 10.0. The van der Waals surface area contributed by atoms with Gasteiger partial charge >= 0.3 is 12.1 Å². The Bertz CT molecular complexity index is 1340. The molecule has 0 saturated carbocycles. The zero-order chi connectivity index (χ0) is 34.7. The number of ether oxygens (including phenoxy) is 2. The molecule has 0 fully saturated rings. The highest BCUT2D eigenvalue weighted by atomic mass is 19.4. The number of halogens is 3. The van der Waals surface area contributed by atoms with Crippen LogP contribution in [-0.4, -0.2) is 95.6 Å². The standard InChI is InChI=1S/C34H46F3N3O7/c1-22-18-40(23(2)21-41)32(43)28-17-27(38-31(42)14-15-34(35,36)37)12-13-29(28)47-24(3)7-5-6-16-46-30(22)20-39(4)19-25-8-10-26(11-9-25)33(44)45/h8-13,17,22-24,30,41H,5-7,14-16,18-21H2,1-4H3,(H,38,42)(H,44,45)/t22-,23-,24-,30-/m1/s1. The molecule has 47 heavy (non-hydrogen) atoms. The van der Waals surface area contributed by atoms with Crippen LogP contribution in [0.4, 0.5) is 18.9 Å². The van der Waals surface area contributed by atoms with Gasteiger partial charge in [0.25, 0.3) is 5.91 Å². The first-order valence-electron chi connectivity index (χ1n) is 15.9. The van der Waals surface area contributed by atoms with Crippen molar-refractivity contribution in [2.24, 2.45) is 5.92 Å². The van der Waals surface area contributed by atoms with Crippen LogP contribution >= 0.6 is 0 Å². The van der Waals surface area contributed by atoms with E-state index in [4.69, 9.17) is 9.47 Å². The first kappa shape index (κ1) is 37.8. The highest BCUT2D eigenvalue weighted by molar-refractivity contribution is 5.99. The zero-order valence-electron chi connectivity index (χ0n) is 27.4. The molecule has 0 unspecified atom stereocenters. The largest absolute Gasteiger partial charge is 0.490 e. The van der Waals surface area contributed by atoms with Gasteiger partial charge in [-0.3, -0.25) is 14.5 Å². The summed E-state index contributed by atoms with van der Waals surface area (Å²) in [5, 5.41) is 21.8. The minimum atomic E-state index is -4.48. The summed E-state index contributed by atoms with van der Waals surface area (Å²) < 4.78 is 50.5. The second-order valence-corrected chi connectivity index (χ2v) is 12.4. The average Bonchev–Trinajstić information content (AvgIpc) is 3.01. The molecule has 0 bridgehead atoms. The number of aliphatic hydroxyl groups excluding tert-OH is 1. The highest BCUT2D eigenvalue weighted by Gasteiger charge is 2.31. The Morgan fingerprint density at radius 3 is 2.47 bits per heavy atom. The van der Waals surface area contributed by atoms with Crippen molar-refractivity contribution in [3.05, 3.63) is 59.2 Å². The molecule has 1 heterocycles. The predicted molar refractivity (Wildman–Crippen MR) is 171 cm³/mol. The van der Waals surface area contributed by atoms with Crippen molar-refractivity contribution in [3.8, 4) is 5.75 Å². The molecule has 0 radical (unpaired) electrons. The van der Waals surface area contributed by atoms with Gasteiger partial charge in [-0.25, -0.2) is 4.79 Å². The summed E-state index contributed by atoms with van der Waals surface area (Å²) in [5.74, 6) is -2.21. The topological polar surface area (TPSA) is 129 Å². The van der Waals surface area contributed by atoms with Gasteiger partial charge in [-0.2, -0.15) is 13.2 Å². The molecule has 2 amide bonds. The Balaban J connectivity index is 1.87. The molecule has 3 rings (SSSR count). The number of nitrogens with zero attached hydrogens (tertiary/aromatic N) is 2. The number of aromatic carboxylic acids is 1. The van der Waals surface area contributed by atoms with Crippen LogP contribution in [0, 0.1) is 5.92 Å². The molecule has 10 nitrogen and oxygen atoms in total. The smallest absolute Gasteiger partial charge is 0.389 e. The Hall–Kier alpha value is -3.68. The van der Waals surface area contributed by atoms with E-state index in [1.54, 1.807) is 31.2 Å². The van der Waals surface area contributed by atoms with Gasteiger partial charge in [0.15, 0.2) is 0 Å². The first-order valence-corrected chi connectivity index (χ1v) is 15.9. The minimum Gasteiger partial charge on any atom is -0.490 e. The number of alkyl halides is 3. The molecule has 3 N–H and O–H groups in total. The van der Waals surface area contributed by atoms with Crippen LogP contribution in [-0.2, 0) is 16.1 Å². The summed E-state index contributed by atoms with van der Waals surface area (Å²) in [6.07, 6.45) is -4.80. The molecule has 2 aromatic rings. The number of rotatable bonds is 10. The molecule has 13 heteroatoms. The number of carbonyl (C=O) groups excluding carboxylic acids is 2. The number of benzene rings is 2. The fourth-order valence-corrected chi connectivity index (χ4v) is 5.38. The highest BCUT2D eigenvalue weighted by Crippen LogP contribution is 2.29. The van der Waals surface area contributed by atoms with E-state index < -0.39 is 42.8 Å². The van der Waals surface area contributed by atoms with Crippen molar-refractivity contribution in [2.75, 3.05) is 38.7 Å². The summed E-state index contributed by atoms with van der Waals surface area (Å²) in [4.78, 5) is 41.3. The van der Waals surface area contributed by atoms with Crippen molar-refractivity contribution < 1.29 is 47.2 Å². The van der Waals surface area contributed by atoms with Crippen LogP contribution in [0.1, 0.15) is 79.2 Å². The molecule has 1 aliphatic rings. The number of likely N-dealkylation sites (N-methyl/N-ethyl adjacent to an activating group) is 1. The number of hydrogen-bond donors (Lipinski definition) is 3. The monoisotopic (exact) mass is 665 g/mol. The van der Waals surface area contributed by atoms with Gasteiger partial charge < -0.3 is 29.9 Å². The fourth-order valence-electron chi connectivity index (χ4n) is 5.38. The van der Waals surface area contributed by atoms with Crippen LogP contribution in [0.25, 0.3) is 0 Å². The van der Waals surface area contributed by atoms with Crippen LogP contribution in [0.5, 0.6) is 5.75 Å². The summed E-state index contributed by atoms with van der Waals surface area (Å²) in [5.41, 5.74) is 1.42. The second-order valence-electron chi connectivity index (χ2n) is 12.4. The molecule has 260 valence electrons. The summed E-state index contributed by atoms with van der Waals surface area (Å²) in [6.45, 7) is 7.00. The van der Waals surface area contributed by atoms with Crippen molar-refractivity contribution in [1.82, 2.24) is 9.80 Å². The Kier molecular flexibility index (Phi) is 14.0. The third-order valence-electron chi connectivity index (χ3n) is 8.12. The van der Waals surface area contributed by atoms with E-state index in [1.165, 1.54) is 23.1 Å². The quantitative estimate of drug-likeness (QED) is 0.300. The zero-order valence-corrected chi connectivity index (χ0v) is 27.4. The lowest BCUT2D eigenvalue weighted by Crippen LogP contribution is -2.47. The number of anilines is 1. The number of amides is 2. The number of aliphatic hydroxyl groups is 1. The molecule has 0 aliphatic carbocycles. The normalized spacial score (nSPS) is 20.6. The number of carbonyl (C=O) groups is 3. The van der Waals surface area contributed by atoms with E-state index >= 15 is 0 Å². The lowest BCUT2D eigenvalue weighted by Gasteiger charge is -2.36. The van der Waals surface area contributed by atoms with Crippen LogP contribution in [0.3, 0.4) is 0 Å². The third-order valence-corrected chi connectivity index (χ3v) is 8.12. The second kappa shape index (κ2) is 17.5. The van der Waals surface area contributed by atoms with E-state index in [-0.39, 0.29) is 53.8 Å². The molecular weight excluding hydrogens is 619 g/mol. The maximum absolute atomic E-state index is 14.2. The molecule has 4 atom stereocenters. The van der Waals surface area contributed by atoms with Gasteiger partial charge in [0.05, 0.1) is 42.4 Å². The van der Waals surface area contributed by atoms with Gasteiger partial charge in [-0.05, 0) is 76.1 Å². The number of nitrogens with one attached hydrogen (secondary N) is 1. The molecule has 2 aromatic carbocycles. The number of hydrogen-bond acceptors (Lipinski definition) is 7. The van der Waals surface area contributed by atoms with Gasteiger partial charge in [-0.15, -0.1) is 0 Å². The number of fused-ring (bicyclic) bond motifs is 1. The van der Waals surface area contributed by atoms with Crippen LogP contribution < -0.4 is 10.1 Å². The van der Waals surface area contributed by atoms with E-state index in [2.05, 4.69) is 10.2 Å². The Morgan fingerprint density at radius 1 is 1.13 bits per heavy atom. The van der Waals surface area contributed by atoms with Crippen molar-refractivity contribution >= 4 is 23.5 Å². The number of carboxylic acid groups (broad SMARTS) is 1. The molecule has 0 spiro atoms. The summed E-state index contributed by atoms with van der Waals surface area (Å²) in [7, 11) is 1.94. The fraction of sp³-hybridized carbons (Fsp3) is 0.559. The Labute approximate surface area is 273 Å². The molecule has 0 saturated heterocycles. The lowest BCUT2D eigenvalue weighted by molar-refractivity contribution is -0.142. The predicted octanol–water partition coefficient (Wildman–Crippen LogP) is 5.59. The summed E-state index contributed by atoms with van der Waals surface area (Å²) in [6, 6.07) is 10.5. The van der Waals surface area contributed by atoms with E-state index in [0.717, 1.165) is 18.4 Å². The molecule has 0 aromatic heterocycles. The van der Waals surface area contributed by atoms with Gasteiger partial charge in [0.1, 0.15) is 5.75 Å². The maximum atomic E-state index is 14.2. The molecule has 1 aliphatic heterocycles. The first-order chi connectivity index (χ1) is 22.2. The van der Waals surface area contributed by atoms with Gasteiger partial charge in [-0.1, -0.05) is 19.1 Å². The van der Waals surface area contributed by atoms with Crippen molar-refractivity contribution in [1.29, 1.82) is 0 Å². The van der Waals surface area contributed by atoms with Crippen molar-refractivity contribution in [2.45, 2.75) is 83.8 Å². The van der Waals surface area contributed by atoms with E-state index in [1.807, 2.05) is 20.9 Å². The minimum absolute atomic E-state index is 0.120. The van der Waals surface area contributed by atoms with E-state index in [0.29, 0.717) is 26.1 Å². The summed E-state index contributed by atoms with van der Waals surface area (Å²) >= 11 is 0. The average molecular weight is 666 g/mol. The van der Waals surface area contributed by atoms with Crippen LogP contribution in [0.15, 0.2) is 42.5 Å².